The number of nitrogen functional groups attached to an aromatic ring is 1. The summed E-state index contributed by atoms with van der Waals surface area (Å²) in [4.78, 5) is 2.31. The first-order valence-electron chi connectivity index (χ1n) is 6.11. The molecule has 1 aromatic carbocycles. The molecule has 0 aliphatic carbocycles. The Morgan fingerprint density at radius 3 is 2.94 bits per heavy atom. The average molecular weight is 312 g/mol. The van der Waals surface area contributed by atoms with Crippen LogP contribution in [0, 0.1) is 11.3 Å². The van der Waals surface area contributed by atoms with Gasteiger partial charge in [-0.1, -0.05) is 0 Å². The molecule has 1 atom stereocenters. The van der Waals surface area contributed by atoms with Crippen molar-refractivity contribution in [3.8, 4) is 0 Å². The van der Waals surface area contributed by atoms with E-state index in [0.717, 1.165) is 41.7 Å². The molecule has 18 heavy (non-hydrogen) atoms. The van der Waals surface area contributed by atoms with Gasteiger partial charge in [-0.3, -0.25) is 5.41 Å². The molecular formula is C13H18BrN3O. The van der Waals surface area contributed by atoms with Gasteiger partial charge in [0.25, 0.3) is 0 Å². The van der Waals surface area contributed by atoms with Crippen molar-refractivity contribution in [2.75, 3.05) is 24.6 Å². The SMILES string of the molecule is N=C(N)c1ccc(N2CCC(CCO)C2)c(Br)c1. The summed E-state index contributed by atoms with van der Waals surface area (Å²) in [7, 11) is 0. The number of rotatable bonds is 4. The molecule has 2 rings (SSSR count). The van der Waals surface area contributed by atoms with Crippen molar-refractivity contribution in [3.05, 3.63) is 28.2 Å². The minimum atomic E-state index is 0.0850. The average Bonchev–Trinajstić information content (AvgIpc) is 2.77. The van der Waals surface area contributed by atoms with Crippen molar-refractivity contribution in [1.82, 2.24) is 0 Å². The minimum Gasteiger partial charge on any atom is -0.396 e. The van der Waals surface area contributed by atoms with Crippen molar-refractivity contribution in [2.24, 2.45) is 11.7 Å². The zero-order valence-corrected chi connectivity index (χ0v) is 11.8. The highest BCUT2D eigenvalue weighted by atomic mass is 79.9. The molecule has 5 heteroatoms. The molecule has 4 nitrogen and oxygen atoms in total. The van der Waals surface area contributed by atoms with Crippen LogP contribution in [0.15, 0.2) is 22.7 Å². The molecule has 1 heterocycles. The Kier molecular flexibility index (Phi) is 4.24. The highest BCUT2D eigenvalue weighted by Gasteiger charge is 2.23. The van der Waals surface area contributed by atoms with Crippen molar-refractivity contribution in [3.63, 3.8) is 0 Å². The first-order chi connectivity index (χ1) is 8.61. The Labute approximate surface area is 115 Å². The van der Waals surface area contributed by atoms with Crippen LogP contribution in [0.25, 0.3) is 0 Å². The van der Waals surface area contributed by atoms with Crippen LogP contribution in [0.4, 0.5) is 5.69 Å². The first kappa shape index (κ1) is 13.4. The number of aliphatic hydroxyl groups is 1. The Bertz CT molecular complexity index is 450. The van der Waals surface area contributed by atoms with Crippen LogP contribution in [0.2, 0.25) is 0 Å². The zero-order valence-electron chi connectivity index (χ0n) is 10.2. The lowest BCUT2D eigenvalue weighted by molar-refractivity contribution is 0.263. The van der Waals surface area contributed by atoms with E-state index in [0.29, 0.717) is 5.92 Å². The van der Waals surface area contributed by atoms with Gasteiger partial charge in [0.05, 0.1) is 5.69 Å². The molecule has 0 spiro atoms. The van der Waals surface area contributed by atoms with E-state index in [9.17, 15) is 0 Å². The van der Waals surface area contributed by atoms with Gasteiger partial charge >= 0.3 is 0 Å². The second-order valence-corrected chi connectivity index (χ2v) is 5.55. The van der Waals surface area contributed by atoms with E-state index in [1.807, 2.05) is 18.2 Å². The molecule has 98 valence electrons. The van der Waals surface area contributed by atoms with Crippen LogP contribution in [0.5, 0.6) is 0 Å². The van der Waals surface area contributed by atoms with E-state index >= 15 is 0 Å². The third-order valence-electron chi connectivity index (χ3n) is 3.42. The van der Waals surface area contributed by atoms with Gasteiger partial charge in [-0.25, -0.2) is 0 Å². The van der Waals surface area contributed by atoms with Gasteiger partial charge in [0.2, 0.25) is 0 Å². The monoisotopic (exact) mass is 311 g/mol. The maximum absolute atomic E-state index is 8.97. The Morgan fingerprint density at radius 2 is 2.33 bits per heavy atom. The van der Waals surface area contributed by atoms with Crippen LogP contribution in [0.1, 0.15) is 18.4 Å². The summed E-state index contributed by atoms with van der Waals surface area (Å²) in [5.41, 5.74) is 7.34. The largest absolute Gasteiger partial charge is 0.396 e. The molecule has 0 radical (unpaired) electrons. The van der Waals surface area contributed by atoms with E-state index in [-0.39, 0.29) is 12.4 Å². The number of hydrogen-bond donors (Lipinski definition) is 3. The van der Waals surface area contributed by atoms with E-state index < -0.39 is 0 Å². The Hall–Kier alpha value is -1.07. The van der Waals surface area contributed by atoms with Crippen LogP contribution >= 0.6 is 15.9 Å². The highest BCUT2D eigenvalue weighted by molar-refractivity contribution is 9.10. The van der Waals surface area contributed by atoms with Gasteiger partial charge in [0.15, 0.2) is 0 Å². The third kappa shape index (κ3) is 2.84. The lowest BCUT2D eigenvalue weighted by atomic mass is 10.1. The van der Waals surface area contributed by atoms with E-state index in [1.54, 1.807) is 0 Å². The maximum atomic E-state index is 8.97. The maximum Gasteiger partial charge on any atom is 0.122 e. The quantitative estimate of drug-likeness (QED) is 0.588. The van der Waals surface area contributed by atoms with Crippen molar-refractivity contribution >= 4 is 27.5 Å². The topological polar surface area (TPSA) is 73.3 Å². The molecular weight excluding hydrogens is 294 g/mol. The fourth-order valence-corrected chi connectivity index (χ4v) is 3.03. The van der Waals surface area contributed by atoms with Crippen LogP contribution in [-0.4, -0.2) is 30.6 Å². The number of nitrogens with two attached hydrogens (primary N) is 1. The van der Waals surface area contributed by atoms with Gasteiger partial charge in [-0.2, -0.15) is 0 Å². The lowest BCUT2D eigenvalue weighted by Crippen LogP contribution is -2.21. The minimum absolute atomic E-state index is 0.0850. The molecule has 1 fully saturated rings. The third-order valence-corrected chi connectivity index (χ3v) is 4.06. The predicted molar refractivity (Wildman–Crippen MR) is 77.2 cm³/mol. The van der Waals surface area contributed by atoms with Gasteiger partial charge in [0.1, 0.15) is 5.84 Å². The summed E-state index contributed by atoms with van der Waals surface area (Å²) in [6.45, 7) is 2.27. The summed E-state index contributed by atoms with van der Waals surface area (Å²) in [5, 5.41) is 16.4. The fraction of sp³-hybridized carbons (Fsp3) is 0.462. The summed E-state index contributed by atoms with van der Waals surface area (Å²) < 4.78 is 0.972. The molecule has 4 N–H and O–H groups in total. The molecule has 0 aromatic heterocycles. The molecule has 1 unspecified atom stereocenters. The van der Waals surface area contributed by atoms with Gasteiger partial charge in [-0.15, -0.1) is 0 Å². The highest BCUT2D eigenvalue weighted by Crippen LogP contribution is 2.32. The Balaban J connectivity index is 2.12. The van der Waals surface area contributed by atoms with Gasteiger partial charge < -0.3 is 15.7 Å². The lowest BCUT2D eigenvalue weighted by Gasteiger charge is -2.20. The number of amidine groups is 1. The molecule has 1 saturated heterocycles. The number of hydrogen-bond acceptors (Lipinski definition) is 3. The van der Waals surface area contributed by atoms with Gasteiger partial charge in [-0.05, 0) is 52.9 Å². The number of aliphatic hydroxyl groups excluding tert-OH is 1. The normalized spacial score (nSPS) is 19.2. The van der Waals surface area contributed by atoms with Crippen molar-refractivity contribution < 1.29 is 5.11 Å². The predicted octanol–water partition coefficient (Wildman–Crippen LogP) is 1.94. The van der Waals surface area contributed by atoms with E-state index in [1.165, 1.54) is 0 Å². The molecule has 1 aromatic rings. The van der Waals surface area contributed by atoms with Crippen LogP contribution in [-0.2, 0) is 0 Å². The number of nitrogens with zero attached hydrogens (tertiary/aromatic N) is 1. The summed E-state index contributed by atoms with van der Waals surface area (Å²) >= 11 is 3.54. The second-order valence-electron chi connectivity index (χ2n) is 4.69. The number of nitrogens with one attached hydrogen (secondary N) is 1. The number of benzene rings is 1. The van der Waals surface area contributed by atoms with E-state index in [4.69, 9.17) is 16.2 Å². The van der Waals surface area contributed by atoms with Crippen LogP contribution in [0.3, 0.4) is 0 Å². The Morgan fingerprint density at radius 1 is 1.56 bits per heavy atom. The van der Waals surface area contributed by atoms with Gasteiger partial charge in [0, 0.05) is 29.7 Å². The summed E-state index contributed by atoms with van der Waals surface area (Å²) in [6, 6.07) is 5.76. The standard InChI is InChI=1S/C13H18BrN3O/c14-11-7-10(13(15)16)1-2-12(11)17-5-3-9(8-17)4-6-18/h1-2,7,9,18H,3-6,8H2,(H3,15,16). The number of halogens is 1. The zero-order chi connectivity index (χ0) is 13.1. The molecule has 0 amide bonds. The summed E-state index contributed by atoms with van der Waals surface area (Å²) in [5.74, 6) is 0.663. The molecule has 1 aliphatic heterocycles. The van der Waals surface area contributed by atoms with Crippen LogP contribution < -0.4 is 10.6 Å². The van der Waals surface area contributed by atoms with E-state index in [2.05, 4.69) is 20.8 Å². The molecule has 0 bridgehead atoms. The first-order valence-corrected chi connectivity index (χ1v) is 6.91. The smallest absolute Gasteiger partial charge is 0.122 e. The second kappa shape index (κ2) is 5.71. The molecule has 0 saturated carbocycles. The van der Waals surface area contributed by atoms with Crippen molar-refractivity contribution in [1.29, 1.82) is 5.41 Å². The molecule has 1 aliphatic rings. The summed E-state index contributed by atoms with van der Waals surface area (Å²) in [6.07, 6.45) is 2.00. The fourth-order valence-electron chi connectivity index (χ4n) is 2.40. The van der Waals surface area contributed by atoms with Crippen molar-refractivity contribution in [2.45, 2.75) is 12.8 Å². The number of anilines is 1.